The number of piperidine rings is 1. The van der Waals surface area contributed by atoms with E-state index in [1.165, 1.54) is 35.8 Å². The van der Waals surface area contributed by atoms with E-state index >= 15 is 0 Å². The van der Waals surface area contributed by atoms with Crippen LogP contribution < -0.4 is 10.2 Å². The van der Waals surface area contributed by atoms with E-state index < -0.39 is 10.0 Å². The standard InChI is InChI=1S/C21H30N4O3S/c1-4-25(5-2)29(27,28)19-15-20(23(3)16-19)21(26)22-17-9-11-18(12-10-17)24-13-7-6-8-14-24/h9-12,15-16H,4-8,13-14H2,1-3H3,(H,22,26). The van der Waals surface area contributed by atoms with E-state index in [0.29, 0.717) is 24.5 Å². The topological polar surface area (TPSA) is 74.7 Å². The lowest BCUT2D eigenvalue weighted by Crippen LogP contribution is -2.30. The zero-order valence-corrected chi connectivity index (χ0v) is 18.2. The molecular formula is C21H30N4O3S. The fourth-order valence-corrected chi connectivity index (χ4v) is 5.25. The molecule has 0 unspecified atom stereocenters. The van der Waals surface area contributed by atoms with E-state index in [9.17, 15) is 13.2 Å². The van der Waals surface area contributed by atoms with Crippen molar-refractivity contribution in [2.75, 3.05) is 36.4 Å². The summed E-state index contributed by atoms with van der Waals surface area (Å²) in [6.45, 7) is 6.51. The van der Waals surface area contributed by atoms with Crippen LogP contribution in [0.2, 0.25) is 0 Å². The summed E-state index contributed by atoms with van der Waals surface area (Å²) in [5.41, 5.74) is 2.15. The molecule has 0 atom stereocenters. The second-order valence-electron chi connectivity index (χ2n) is 7.31. The molecule has 1 N–H and O–H groups in total. The molecule has 1 aliphatic heterocycles. The Kier molecular flexibility index (Phi) is 6.64. The number of carbonyl (C=O) groups is 1. The Hall–Kier alpha value is -2.32. The first kappa shape index (κ1) is 21.4. The minimum absolute atomic E-state index is 0.134. The molecule has 0 bridgehead atoms. The molecule has 3 rings (SSSR count). The molecule has 0 aliphatic carbocycles. The van der Waals surface area contributed by atoms with Crippen LogP contribution >= 0.6 is 0 Å². The van der Waals surface area contributed by atoms with Crippen molar-refractivity contribution in [2.45, 2.75) is 38.0 Å². The van der Waals surface area contributed by atoms with Gasteiger partial charge in [-0.2, -0.15) is 4.31 Å². The second-order valence-corrected chi connectivity index (χ2v) is 9.25. The number of amides is 1. The van der Waals surface area contributed by atoms with E-state index in [2.05, 4.69) is 10.2 Å². The summed E-state index contributed by atoms with van der Waals surface area (Å²) in [4.78, 5) is 15.2. The Bertz CT molecular complexity index is 941. The van der Waals surface area contributed by atoms with Crippen LogP contribution in [-0.4, -0.2) is 49.4 Å². The Labute approximate surface area is 173 Å². The number of aromatic nitrogens is 1. The number of anilines is 2. The average molecular weight is 419 g/mol. The van der Waals surface area contributed by atoms with Gasteiger partial charge in [-0.1, -0.05) is 13.8 Å². The predicted molar refractivity (Wildman–Crippen MR) is 116 cm³/mol. The molecule has 158 valence electrons. The number of rotatable bonds is 7. The van der Waals surface area contributed by atoms with Gasteiger partial charge in [-0.25, -0.2) is 8.42 Å². The maximum absolute atomic E-state index is 12.7. The van der Waals surface area contributed by atoms with Crippen molar-refractivity contribution in [3.63, 3.8) is 0 Å². The molecule has 1 aromatic heterocycles. The smallest absolute Gasteiger partial charge is 0.272 e. The SMILES string of the molecule is CCN(CC)S(=O)(=O)c1cc(C(=O)Nc2ccc(N3CCCCC3)cc2)n(C)c1. The monoisotopic (exact) mass is 418 g/mol. The molecule has 2 heterocycles. The Morgan fingerprint density at radius 3 is 2.28 bits per heavy atom. The van der Waals surface area contributed by atoms with Gasteiger partial charge in [0, 0.05) is 50.8 Å². The van der Waals surface area contributed by atoms with Gasteiger partial charge in [-0.15, -0.1) is 0 Å². The van der Waals surface area contributed by atoms with Gasteiger partial charge in [-0.3, -0.25) is 4.79 Å². The fourth-order valence-electron chi connectivity index (χ4n) is 3.72. The van der Waals surface area contributed by atoms with Gasteiger partial charge in [0.25, 0.3) is 5.91 Å². The molecule has 7 nitrogen and oxygen atoms in total. The zero-order chi connectivity index (χ0) is 21.0. The number of hydrogen-bond acceptors (Lipinski definition) is 4. The molecule has 1 aliphatic rings. The number of sulfonamides is 1. The largest absolute Gasteiger partial charge is 0.372 e. The van der Waals surface area contributed by atoms with Gasteiger partial charge in [0.05, 0.1) is 0 Å². The molecule has 0 saturated carbocycles. The molecule has 1 aromatic carbocycles. The molecular weight excluding hydrogens is 388 g/mol. The number of hydrogen-bond donors (Lipinski definition) is 1. The van der Waals surface area contributed by atoms with Crippen LogP contribution in [0.25, 0.3) is 0 Å². The highest BCUT2D eigenvalue weighted by Gasteiger charge is 2.25. The lowest BCUT2D eigenvalue weighted by atomic mass is 10.1. The van der Waals surface area contributed by atoms with Crippen molar-refractivity contribution >= 4 is 27.3 Å². The summed E-state index contributed by atoms with van der Waals surface area (Å²) >= 11 is 0. The zero-order valence-electron chi connectivity index (χ0n) is 17.4. The summed E-state index contributed by atoms with van der Waals surface area (Å²) in [5, 5.41) is 2.86. The molecule has 1 fully saturated rings. The fraction of sp³-hybridized carbons (Fsp3) is 0.476. The van der Waals surface area contributed by atoms with Crippen molar-refractivity contribution < 1.29 is 13.2 Å². The Morgan fingerprint density at radius 2 is 1.69 bits per heavy atom. The van der Waals surface area contributed by atoms with E-state index in [1.54, 1.807) is 25.5 Å². The minimum Gasteiger partial charge on any atom is -0.372 e. The van der Waals surface area contributed by atoms with Crippen LogP contribution in [0.4, 0.5) is 11.4 Å². The van der Waals surface area contributed by atoms with Crippen LogP contribution in [0.15, 0.2) is 41.4 Å². The van der Waals surface area contributed by atoms with Crippen LogP contribution in [0.1, 0.15) is 43.6 Å². The van der Waals surface area contributed by atoms with Crippen LogP contribution in [-0.2, 0) is 17.1 Å². The summed E-state index contributed by atoms with van der Waals surface area (Å²) < 4.78 is 28.3. The van der Waals surface area contributed by atoms with Gasteiger partial charge in [0.2, 0.25) is 10.0 Å². The third-order valence-corrected chi connectivity index (χ3v) is 7.42. The molecule has 0 radical (unpaired) electrons. The van der Waals surface area contributed by atoms with Gasteiger partial charge >= 0.3 is 0 Å². The minimum atomic E-state index is -3.60. The third kappa shape index (κ3) is 4.64. The first-order valence-electron chi connectivity index (χ1n) is 10.2. The van der Waals surface area contributed by atoms with Crippen molar-refractivity contribution in [1.29, 1.82) is 0 Å². The third-order valence-electron chi connectivity index (χ3n) is 5.40. The van der Waals surface area contributed by atoms with Crippen molar-refractivity contribution in [3.05, 3.63) is 42.2 Å². The summed E-state index contributed by atoms with van der Waals surface area (Å²) in [7, 11) is -1.92. The lowest BCUT2D eigenvalue weighted by Gasteiger charge is -2.28. The maximum atomic E-state index is 12.7. The average Bonchev–Trinajstić information content (AvgIpc) is 3.13. The molecule has 0 spiro atoms. The summed E-state index contributed by atoms with van der Waals surface area (Å²) in [5.74, 6) is -0.334. The highest BCUT2D eigenvalue weighted by atomic mass is 32.2. The van der Waals surface area contributed by atoms with E-state index in [-0.39, 0.29) is 10.8 Å². The Balaban J connectivity index is 1.73. The number of nitrogens with zero attached hydrogens (tertiary/aromatic N) is 3. The Morgan fingerprint density at radius 1 is 1.07 bits per heavy atom. The quantitative estimate of drug-likeness (QED) is 0.749. The van der Waals surface area contributed by atoms with Gasteiger partial charge in [0.15, 0.2) is 0 Å². The number of benzene rings is 1. The highest BCUT2D eigenvalue weighted by molar-refractivity contribution is 7.89. The van der Waals surface area contributed by atoms with E-state index in [4.69, 9.17) is 0 Å². The first-order chi connectivity index (χ1) is 13.9. The molecule has 29 heavy (non-hydrogen) atoms. The first-order valence-corrected chi connectivity index (χ1v) is 11.6. The van der Waals surface area contributed by atoms with Crippen molar-refractivity contribution in [3.8, 4) is 0 Å². The molecule has 8 heteroatoms. The second kappa shape index (κ2) is 9.00. The number of nitrogens with one attached hydrogen (secondary N) is 1. The van der Waals surface area contributed by atoms with Crippen LogP contribution in [0, 0.1) is 0 Å². The number of aryl methyl sites for hydroxylation is 1. The van der Waals surface area contributed by atoms with Crippen molar-refractivity contribution in [1.82, 2.24) is 8.87 Å². The summed E-state index contributed by atoms with van der Waals surface area (Å²) in [6.07, 6.45) is 5.20. The predicted octanol–water partition coefficient (Wildman–Crippen LogP) is 3.30. The lowest BCUT2D eigenvalue weighted by molar-refractivity contribution is 0.101. The highest BCUT2D eigenvalue weighted by Crippen LogP contribution is 2.23. The van der Waals surface area contributed by atoms with Crippen LogP contribution in [0.3, 0.4) is 0 Å². The molecule has 1 saturated heterocycles. The molecule has 2 aromatic rings. The maximum Gasteiger partial charge on any atom is 0.272 e. The van der Waals surface area contributed by atoms with E-state index in [0.717, 1.165) is 18.8 Å². The van der Waals surface area contributed by atoms with Gasteiger partial charge < -0.3 is 14.8 Å². The summed E-state index contributed by atoms with van der Waals surface area (Å²) in [6, 6.07) is 9.24. The molecule has 1 amide bonds. The van der Waals surface area contributed by atoms with Gasteiger partial charge in [0.1, 0.15) is 10.6 Å². The normalized spacial score (nSPS) is 15.0. The number of carbonyl (C=O) groups excluding carboxylic acids is 1. The van der Waals surface area contributed by atoms with Crippen molar-refractivity contribution in [2.24, 2.45) is 7.05 Å². The van der Waals surface area contributed by atoms with Gasteiger partial charge in [-0.05, 0) is 49.6 Å². The van der Waals surface area contributed by atoms with E-state index in [1.807, 2.05) is 24.3 Å². The van der Waals surface area contributed by atoms with Crippen LogP contribution in [0.5, 0.6) is 0 Å².